The highest BCUT2D eigenvalue weighted by Crippen LogP contribution is 2.68. The van der Waals surface area contributed by atoms with Gasteiger partial charge in [-0.1, -0.05) is 66.7 Å². The first kappa shape index (κ1) is 23.3. The van der Waals surface area contributed by atoms with Crippen LogP contribution in [-0.4, -0.2) is 12.5 Å². The SMILES string of the molecule is CS1(C)c2ccccc2-c2cc3c(-c4ccc(C#N)cc4)c4ccccc4c(-c4ccc(C#N)cc4)c3cc21. The average molecular weight is 517 g/mol. The summed E-state index contributed by atoms with van der Waals surface area (Å²) < 4.78 is 0. The van der Waals surface area contributed by atoms with Gasteiger partial charge in [-0.25, -0.2) is 0 Å². The summed E-state index contributed by atoms with van der Waals surface area (Å²) in [6.45, 7) is 0. The lowest BCUT2D eigenvalue weighted by Gasteiger charge is -2.29. The third-order valence-corrected chi connectivity index (χ3v) is 10.9. The van der Waals surface area contributed by atoms with Gasteiger partial charge in [0.05, 0.1) is 23.3 Å². The smallest absolute Gasteiger partial charge is 0.0991 e. The van der Waals surface area contributed by atoms with Gasteiger partial charge < -0.3 is 0 Å². The molecule has 0 radical (unpaired) electrons. The molecule has 2 nitrogen and oxygen atoms in total. The van der Waals surface area contributed by atoms with E-state index in [2.05, 4.69) is 110 Å². The highest BCUT2D eigenvalue weighted by Gasteiger charge is 2.32. The predicted molar refractivity (Wildman–Crippen MR) is 163 cm³/mol. The highest BCUT2D eigenvalue weighted by molar-refractivity contribution is 8.33. The van der Waals surface area contributed by atoms with Crippen molar-refractivity contribution in [1.29, 1.82) is 10.5 Å². The number of hydrogen-bond donors (Lipinski definition) is 0. The van der Waals surface area contributed by atoms with Crippen molar-refractivity contribution >= 4 is 31.6 Å². The van der Waals surface area contributed by atoms with E-state index in [-0.39, 0.29) is 0 Å². The minimum absolute atomic E-state index is 0.654. The first-order valence-electron chi connectivity index (χ1n) is 12.9. The number of nitriles is 2. The van der Waals surface area contributed by atoms with Gasteiger partial charge in [-0.3, -0.25) is 0 Å². The van der Waals surface area contributed by atoms with Crippen LogP contribution in [0.1, 0.15) is 11.1 Å². The molecule has 0 bridgehead atoms. The van der Waals surface area contributed by atoms with Crippen molar-refractivity contribution in [3.8, 4) is 45.5 Å². The van der Waals surface area contributed by atoms with E-state index < -0.39 is 10.0 Å². The van der Waals surface area contributed by atoms with Crippen LogP contribution in [0.25, 0.3) is 54.9 Å². The molecule has 184 valence electrons. The fraction of sp³-hybridized carbons (Fsp3) is 0.0556. The molecule has 1 aliphatic heterocycles. The van der Waals surface area contributed by atoms with Crippen molar-refractivity contribution in [1.82, 2.24) is 0 Å². The Morgan fingerprint density at radius 1 is 0.487 bits per heavy atom. The van der Waals surface area contributed by atoms with Crippen molar-refractivity contribution in [3.05, 3.63) is 120 Å². The van der Waals surface area contributed by atoms with Crippen LogP contribution in [0, 0.1) is 22.7 Å². The molecule has 0 spiro atoms. The quantitative estimate of drug-likeness (QED) is 0.215. The maximum Gasteiger partial charge on any atom is 0.0991 e. The summed E-state index contributed by atoms with van der Waals surface area (Å²) in [5.41, 5.74) is 8.52. The molecule has 0 unspecified atom stereocenters. The number of fused-ring (bicyclic) bond motifs is 5. The minimum atomic E-state index is -1.18. The third kappa shape index (κ3) is 3.41. The summed E-state index contributed by atoms with van der Waals surface area (Å²) in [5.74, 6) is 0. The van der Waals surface area contributed by atoms with Crippen LogP contribution in [0.5, 0.6) is 0 Å². The van der Waals surface area contributed by atoms with Crippen LogP contribution in [0.15, 0.2) is 119 Å². The lowest BCUT2D eigenvalue weighted by atomic mass is 9.84. The summed E-state index contributed by atoms with van der Waals surface area (Å²) in [4.78, 5) is 2.84. The lowest BCUT2D eigenvalue weighted by molar-refractivity contribution is 1.46. The summed E-state index contributed by atoms with van der Waals surface area (Å²) in [5, 5.41) is 23.6. The monoisotopic (exact) mass is 516 g/mol. The number of nitrogens with zero attached hydrogens (tertiary/aromatic N) is 2. The van der Waals surface area contributed by atoms with Gasteiger partial charge in [-0.2, -0.15) is 20.6 Å². The number of rotatable bonds is 2. The Morgan fingerprint density at radius 2 is 0.974 bits per heavy atom. The first-order chi connectivity index (χ1) is 19.0. The highest BCUT2D eigenvalue weighted by atomic mass is 32.3. The molecule has 0 amide bonds. The van der Waals surface area contributed by atoms with E-state index in [0.717, 1.165) is 11.1 Å². The fourth-order valence-electron chi connectivity index (χ4n) is 6.13. The summed E-state index contributed by atoms with van der Waals surface area (Å²) in [6.07, 6.45) is 4.79. The topological polar surface area (TPSA) is 47.6 Å². The lowest BCUT2D eigenvalue weighted by Crippen LogP contribution is -1.95. The molecule has 6 aromatic rings. The van der Waals surface area contributed by atoms with Crippen molar-refractivity contribution in [2.75, 3.05) is 12.5 Å². The molecule has 0 aromatic heterocycles. The number of hydrogen-bond acceptors (Lipinski definition) is 2. The Hall–Kier alpha value is -4.83. The van der Waals surface area contributed by atoms with E-state index in [1.807, 2.05) is 24.3 Å². The van der Waals surface area contributed by atoms with Gasteiger partial charge in [-0.05, 0) is 110 Å². The molecule has 0 saturated carbocycles. The van der Waals surface area contributed by atoms with E-state index in [1.54, 1.807) is 0 Å². The van der Waals surface area contributed by atoms with E-state index in [0.29, 0.717) is 11.1 Å². The summed E-state index contributed by atoms with van der Waals surface area (Å²) in [6, 6.07) is 42.7. The molecular formula is C36H24N2S. The molecule has 0 atom stereocenters. The molecule has 3 heteroatoms. The second kappa shape index (κ2) is 8.60. The maximum atomic E-state index is 9.42. The Kier molecular flexibility index (Phi) is 5.14. The van der Waals surface area contributed by atoms with Crippen LogP contribution in [0.3, 0.4) is 0 Å². The largest absolute Gasteiger partial charge is 0.192 e. The molecular weight excluding hydrogens is 492 g/mol. The van der Waals surface area contributed by atoms with Crippen molar-refractivity contribution in [3.63, 3.8) is 0 Å². The summed E-state index contributed by atoms with van der Waals surface area (Å²) in [7, 11) is -1.18. The first-order valence-corrected chi connectivity index (χ1v) is 15.3. The molecule has 39 heavy (non-hydrogen) atoms. The maximum absolute atomic E-state index is 9.42. The van der Waals surface area contributed by atoms with Gasteiger partial charge in [0.15, 0.2) is 0 Å². The van der Waals surface area contributed by atoms with Crippen molar-refractivity contribution in [2.24, 2.45) is 0 Å². The predicted octanol–water partition coefficient (Wildman–Crippen LogP) is 9.53. The van der Waals surface area contributed by atoms with Crippen molar-refractivity contribution < 1.29 is 0 Å². The fourth-order valence-corrected chi connectivity index (χ4v) is 8.65. The molecule has 1 heterocycles. The second-order valence-electron chi connectivity index (χ2n) is 10.4. The Labute approximate surface area is 229 Å². The molecule has 0 fully saturated rings. The van der Waals surface area contributed by atoms with Gasteiger partial charge in [0.25, 0.3) is 0 Å². The van der Waals surface area contributed by atoms with Gasteiger partial charge in [0.2, 0.25) is 0 Å². The van der Waals surface area contributed by atoms with Crippen LogP contribution in [0.4, 0.5) is 0 Å². The molecule has 0 aliphatic carbocycles. The average Bonchev–Trinajstić information content (AvgIpc) is 3.21. The zero-order valence-corrected chi connectivity index (χ0v) is 22.5. The van der Waals surface area contributed by atoms with Crippen LogP contribution in [-0.2, 0) is 0 Å². The zero-order valence-electron chi connectivity index (χ0n) is 21.7. The third-order valence-electron chi connectivity index (χ3n) is 8.01. The van der Waals surface area contributed by atoms with Gasteiger partial charge in [-0.15, -0.1) is 0 Å². The van der Waals surface area contributed by atoms with Gasteiger partial charge in [0.1, 0.15) is 0 Å². The van der Waals surface area contributed by atoms with Gasteiger partial charge >= 0.3 is 0 Å². The van der Waals surface area contributed by atoms with Crippen LogP contribution < -0.4 is 0 Å². The Morgan fingerprint density at radius 3 is 1.51 bits per heavy atom. The number of benzene rings is 6. The summed E-state index contributed by atoms with van der Waals surface area (Å²) >= 11 is 0. The minimum Gasteiger partial charge on any atom is -0.192 e. The molecule has 0 saturated heterocycles. The normalized spacial score (nSPS) is 13.8. The molecule has 6 aromatic carbocycles. The molecule has 7 rings (SSSR count). The second-order valence-corrected chi connectivity index (χ2v) is 13.9. The van der Waals surface area contributed by atoms with E-state index >= 15 is 0 Å². The Bertz CT molecular complexity index is 2040. The molecule has 0 N–H and O–H groups in total. The van der Waals surface area contributed by atoms with Crippen LogP contribution in [0.2, 0.25) is 0 Å². The van der Waals surface area contributed by atoms with Gasteiger partial charge in [0, 0.05) is 9.79 Å². The Balaban J connectivity index is 1.67. The zero-order chi connectivity index (χ0) is 26.7. The standard InChI is InChI=1S/C36H24N2S/c1-39(2)33-10-6-5-7-27(33)30-19-31-32(20-34(30)39)36(26-17-13-24(22-38)14-18-26)29-9-4-3-8-28(29)35(31)25-15-11-23(21-37)12-16-25/h3-20H,1-2H3. The van der Waals surface area contributed by atoms with Crippen LogP contribution >= 0.6 is 10.0 Å². The molecule has 1 aliphatic rings. The van der Waals surface area contributed by atoms with Crippen molar-refractivity contribution in [2.45, 2.75) is 9.79 Å². The van der Waals surface area contributed by atoms with E-state index in [4.69, 9.17) is 0 Å². The van der Waals surface area contributed by atoms with E-state index in [1.165, 1.54) is 53.6 Å². The van der Waals surface area contributed by atoms with E-state index in [9.17, 15) is 10.5 Å².